The summed E-state index contributed by atoms with van der Waals surface area (Å²) in [5.41, 5.74) is 6.15. The maximum Gasteiger partial charge on any atom is 0.244 e. The maximum absolute atomic E-state index is 13.0. The maximum atomic E-state index is 13.0. The molecule has 1 saturated heterocycles. The van der Waals surface area contributed by atoms with Gasteiger partial charge in [0, 0.05) is 35.4 Å². The van der Waals surface area contributed by atoms with Crippen molar-refractivity contribution in [2.45, 2.75) is 91.5 Å². The van der Waals surface area contributed by atoms with Crippen LogP contribution in [-0.2, 0) is 22.2 Å². The number of aromatic nitrogens is 3. The lowest BCUT2D eigenvalue weighted by molar-refractivity contribution is -0.133. The molecule has 0 unspecified atom stereocenters. The van der Waals surface area contributed by atoms with E-state index in [2.05, 4.69) is 93.6 Å². The molecule has 0 spiro atoms. The third kappa shape index (κ3) is 5.87. The molecular formula is C29H39IN4OS. The topological polar surface area (TPSA) is 51.0 Å². The zero-order valence-corrected chi connectivity index (χ0v) is 25.9. The van der Waals surface area contributed by atoms with Crippen molar-refractivity contribution in [1.82, 2.24) is 19.7 Å². The van der Waals surface area contributed by atoms with E-state index in [4.69, 9.17) is 4.98 Å². The van der Waals surface area contributed by atoms with E-state index in [0.29, 0.717) is 12.5 Å². The second-order valence-corrected chi connectivity index (χ2v) is 14.3. The third-order valence-corrected chi connectivity index (χ3v) is 10.0. The number of carbonyl (C=O) groups is 1. The van der Waals surface area contributed by atoms with E-state index in [1.807, 2.05) is 34.8 Å². The van der Waals surface area contributed by atoms with E-state index in [0.717, 1.165) is 45.9 Å². The summed E-state index contributed by atoms with van der Waals surface area (Å²) in [7, 11) is 0. The van der Waals surface area contributed by atoms with Crippen LogP contribution in [0.2, 0.25) is 0 Å². The zero-order valence-electron chi connectivity index (χ0n) is 22.9. The van der Waals surface area contributed by atoms with Crippen molar-refractivity contribution in [1.29, 1.82) is 0 Å². The number of piperidine rings is 1. The van der Waals surface area contributed by atoms with Crippen LogP contribution < -0.4 is 0 Å². The molecule has 0 N–H and O–H groups in total. The number of thiazole rings is 1. The van der Waals surface area contributed by atoms with Crippen molar-refractivity contribution < 1.29 is 4.79 Å². The van der Waals surface area contributed by atoms with Gasteiger partial charge in [0.05, 0.1) is 9.26 Å². The van der Waals surface area contributed by atoms with Gasteiger partial charge in [0.25, 0.3) is 0 Å². The van der Waals surface area contributed by atoms with Gasteiger partial charge in [0.2, 0.25) is 5.91 Å². The number of hydrogen-bond acceptors (Lipinski definition) is 4. The predicted molar refractivity (Wildman–Crippen MR) is 158 cm³/mol. The van der Waals surface area contributed by atoms with Crippen LogP contribution in [-0.4, -0.2) is 38.7 Å². The van der Waals surface area contributed by atoms with Crippen molar-refractivity contribution >= 4 is 39.8 Å². The SMILES string of the molecule is Cc1nn(CC(=O)N2CCC(c3cnc(-c4cc(C(C)(C)C)cc(C(C)(C)C)c4)s3)CC2)c(C)c1I. The Morgan fingerprint density at radius 2 is 1.61 bits per heavy atom. The van der Waals surface area contributed by atoms with Gasteiger partial charge in [-0.05, 0) is 89.3 Å². The summed E-state index contributed by atoms with van der Waals surface area (Å²) < 4.78 is 2.99. The minimum Gasteiger partial charge on any atom is -0.341 e. The van der Waals surface area contributed by atoms with E-state index < -0.39 is 0 Å². The van der Waals surface area contributed by atoms with E-state index >= 15 is 0 Å². The van der Waals surface area contributed by atoms with E-state index in [9.17, 15) is 4.79 Å². The molecule has 4 rings (SSSR count). The summed E-state index contributed by atoms with van der Waals surface area (Å²) >= 11 is 4.12. The number of carbonyl (C=O) groups excluding carboxylic acids is 1. The van der Waals surface area contributed by atoms with Gasteiger partial charge in [-0.1, -0.05) is 47.6 Å². The first-order valence-corrected chi connectivity index (χ1v) is 14.7. The molecule has 1 aliphatic rings. The van der Waals surface area contributed by atoms with E-state index in [1.54, 1.807) is 0 Å². The van der Waals surface area contributed by atoms with Crippen LogP contribution in [0.15, 0.2) is 24.4 Å². The molecule has 5 nitrogen and oxygen atoms in total. The molecule has 0 radical (unpaired) electrons. The molecule has 1 fully saturated rings. The van der Waals surface area contributed by atoms with Gasteiger partial charge in [-0.3, -0.25) is 9.48 Å². The van der Waals surface area contributed by atoms with Crippen LogP contribution in [0.4, 0.5) is 0 Å². The Morgan fingerprint density at radius 1 is 1.03 bits per heavy atom. The van der Waals surface area contributed by atoms with Crippen LogP contribution >= 0.6 is 33.9 Å². The molecule has 7 heteroatoms. The molecule has 0 atom stereocenters. The molecular weight excluding hydrogens is 579 g/mol. The Bertz CT molecular complexity index is 1220. The highest BCUT2D eigenvalue weighted by atomic mass is 127. The Morgan fingerprint density at radius 3 is 2.11 bits per heavy atom. The van der Waals surface area contributed by atoms with Crippen molar-refractivity contribution in [2.75, 3.05) is 13.1 Å². The predicted octanol–water partition coefficient (Wildman–Crippen LogP) is 7.23. The molecule has 1 amide bonds. The standard InChI is InChI=1S/C29H39IN4OS/c1-18-26(30)19(2)34(32-18)17-25(35)33-11-9-20(10-12-33)24-16-31-27(36-24)21-13-22(28(3,4)5)15-23(14-21)29(6,7)8/h13-16,20H,9-12,17H2,1-8H3. The van der Waals surface area contributed by atoms with Crippen molar-refractivity contribution in [3.63, 3.8) is 0 Å². The van der Waals surface area contributed by atoms with Crippen LogP contribution in [0.1, 0.15) is 87.7 Å². The summed E-state index contributed by atoms with van der Waals surface area (Å²) in [6.07, 6.45) is 4.04. The molecule has 194 valence electrons. The van der Waals surface area contributed by atoms with Gasteiger partial charge in [-0.25, -0.2) is 4.98 Å². The first kappa shape index (κ1) is 27.3. The summed E-state index contributed by atoms with van der Waals surface area (Å²) in [5.74, 6) is 0.622. The summed E-state index contributed by atoms with van der Waals surface area (Å²) in [6, 6.07) is 7.00. The van der Waals surface area contributed by atoms with E-state index in [1.165, 1.54) is 21.6 Å². The Hall–Kier alpha value is -1.74. The lowest BCUT2D eigenvalue weighted by atomic mass is 9.79. The van der Waals surface area contributed by atoms with Crippen LogP contribution in [0, 0.1) is 17.4 Å². The highest BCUT2D eigenvalue weighted by Crippen LogP contribution is 2.38. The first-order chi connectivity index (χ1) is 16.7. The fourth-order valence-corrected chi connectivity index (χ4v) is 6.15. The Labute approximate surface area is 233 Å². The second kappa shape index (κ2) is 10.2. The third-order valence-electron chi connectivity index (χ3n) is 7.26. The van der Waals surface area contributed by atoms with Gasteiger partial charge in [-0.15, -0.1) is 11.3 Å². The molecule has 2 aromatic heterocycles. The Kier molecular flexibility index (Phi) is 7.73. The molecule has 0 saturated carbocycles. The quantitative estimate of drug-likeness (QED) is 0.290. The highest BCUT2D eigenvalue weighted by Gasteiger charge is 2.27. The zero-order chi connectivity index (χ0) is 26.4. The molecule has 36 heavy (non-hydrogen) atoms. The van der Waals surface area contributed by atoms with Crippen molar-refractivity contribution in [3.8, 4) is 10.6 Å². The van der Waals surface area contributed by atoms with Gasteiger partial charge in [0.1, 0.15) is 11.6 Å². The number of halogens is 1. The van der Waals surface area contributed by atoms with Gasteiger partial charge in [0.15, 0.2) is 0 Å². The minimum atomic E-state index is 0.0845. The molecule has 1 aliphatic heterocycles. The largest absolute Gasteiger partial charge is 0.341 e. The molecule has 0 aliphatic carbocycles. The van der Waals surface area contributed by atoms with Crippen LogP contribution in [0.3, 0.4) is 0 Å². The van der Waals surface area contributed by atoms with Crippen molar-refractivity contribution in [2.24, 2.45) is 0 Å². The fraction of sp³-hybridized carbons (Fsp3) is 0.552. The van der Waals surface area contributed by atoms with E-state index in [-0.39, 0.29) is 16.7 Å². The average Bonchev–Trinajstić information content (AvgIpc) is 3.39. The smallest absolute Gasteiger partial charge is 0.244 e. The molecule has 3 heterocycles. The van der Waals surface area contributed by atoms with Crippen molar-refractivity contribution in [3.05, 3.63) is 55.4 Å². The summed E-state index contributed by atoms with van der Waals surface area (Å²) in [4.78, 5) is 21.2. The number of hydrogen-bond donors (Lipinski definition) is 0. The number of benzene rings is 1. The number of amides is 1. The molecule has 3 aromatic rings. The lowest BCUT2D eigenvalue weighted by Gasteiger charge is -2.31. The molecule has 1 aromatic carbocycles. The number of rotatable bonds is 4. The lowest BCUT2D eigenvalue weighted by Crippen LogP contribution is -2.40. The summed E-state index contributed by atoms with van der Waals surface area (Å²) in [5, 5.41) is 5.63. The summed E-state index contributed by atoms with van der Waals surface area (Å²) in [6.45, 7) is 19.6. The van der Waals surface area contributed by atoms with Gasteiger partial charge in [-0.2, -0.15) is 5.10 Å². The minimum absolute atomic E-state index is 0.0845. The molecule has 0 bridgehead atoms. The van der Waals surface area contributed by atoms with Gasteiger partial charge < -0.3 is 4.90 Å². The average molecular weight is 619 g/mol. The normalized spacial score (nSPS) is 15.5. The monoisotopic (exact) mass is 618 g/mol. The fourth-order valence-electron chi connectivity index (χ4n) is 4.70. The number of likely N-dealkylation sites (tertiary alicyclic amines) is 1. The second-order valence-electron chi connectivity index (χ2n) is 12.2. The van der Waals surface area contributed by atoms with Gasteiger partial charge >= 0.3 is 0 Å². The van der Waals surface area contributed by atoms with Crippen LogP contribution in [0.5, 0.6) is 0 Å². The Balaban J connectivity index is 1.46. The first-order valence-electron chi connectivity index (χ1n) is 12.8. The number of aryl methyl sites for hydroxylation is 1. The van der Waals surface area contributed by atoms with Crippen LogP contribution in [0.25, 0.3) is 10.6 Å². The number of nitrogens with zero attached hydrogens (tertiary/aromatic N) is 4. The highest BCUT2D eigenvalue weighted by molar-refractivity contribution is 14.1.